The number of hydrogen-bond donors (Lipinski definition) is 0. The minimum Gasteiger partial charge on any atom is -0.417 e. The summed E-state index contributed by atoms with van der Waals surface area (Å²) in [5.74, 6) is -2.44. The van der Waals surface area contributed by atoms with Crippen LogP contribution in [-0.4, -0.2) is 45.4 Å². The Kier molecular flexibility index (Phi) is 4.37. The summed E-state index contributed by atoms with van der Waals surface area (Å²) in [5.41, 5.74) is 0. The number of hydrogen-bond acceptors (Lipinski definition) is 2. The zero-order valence-corrected chi connectivity index (χ0v) is 12.6. The molecular weight excluding hydrogens is 240 g/mol. The summed E-state index contributed by atoms with van der Waals surface area (Å²) in [6.45, 7) is 12.3. The molecular formula is C12H25F2NOSi. The normalized spacial score (nSPS) is 21.4. The average Bonchev–Trinajstić information content (AvgIpc) is 2.07. The molecule has 0 radical (unpaired) electrons. The molecule has 0 aromatic rings. The molecule has 0 aromatic heterocycles. The van der Waals surface area contributed by atoms with Gasteiger partial charge in [-0.3, -0.25) is 4.90 Å². The Balaban J connectivity index is 2.13. The van der Waals surface area contributed by atoms with Crippen LogP contribution in [0.3, 0.4) is 0 Å². The van der Waals surface area contributed by atoms with Crippen LogP contribution in [0.15, 0.2) is 0 Å². The van der Waals surface area contributed by atoms with Crippen molar-refractivity contribution in [1.29, 1.82) is 0 Å². The van der Waals surface area contributed by atoms with Crippen molar-refractivity contribution in [3.8, 4) is 0 Å². The summed E-state index contributed by atoms with van der Waals surface area (Å²) in [4.78, 5) is 1.79. The van der Waals surface area contributed by atoms with Crippen LogP contribution in [-0.2, 0) is 4.43 Å². The Morgan fingerprint density at radius 2 is 1.76 bits per heavy atom. The molecule has 1 rings (SSSR count). The standard InChI is InChI=1S/C12H25F2NOSi/c1-11(2,3)17(4,5)16-8-6-7-15-9-12(13,14)10-15/h6-10H2,1-5H3. The van der Waals surface area contributed by atoms with Gasteiger partial charge in [-0.25, -0.2) is 8.78 Å². The zero-order valence-electron chi connectivity index (χ0n) is 11.6. The van der Waals surface area contributed by atoms with Crippen LogP contribution in [0.5, 0.6) is 0 Å². The second kappa shape index (κ2) is 4.94. The van der Waals surface area contributed by atoms with Gasteiger partial charge in [0.25, 0.3) is 5.92 Å². The molecule has 0 unspecified atom stereocenters. The van der Waals surface area contributed by atoms with Crippen molar-refractivity contribution in [2.75, 3.05) is 26.2 Å². The van der Waals surface area contributed by atoms with E-state index in [2.05, 4.69) is 33.9 Å². The van der Waals surface area contributed by atoms with Gasteiger partial charge in [0.05, 0.1) is 13.1 Å². The molecule has 0 saturated carbocycles. The van der Waals surface area contributed by atoms with E-state index in [1.54, 1.807) is 4.90 Å². The summed E-state index contributed by atoms with van der Waals surface area (Å²) in [6, 6.07) is 0. The van der Waals surface area contributed by atoms with E-state index in [0.717, 1.165) is 13.0 Å². The third kappa shape index (κ3) is 4.30. The monoisotopic (exact) mass is 265 g/mol. The zero-order chi connectivity index (χ0) is 13.3. The van der Waals surface area contributed by atoms with Crippen molar-refractivity contribution >= 4 is 8.32 Å². The lowest BCUT2D eigenvalue weighted by atomic mass is 10.1. The molecule has 5 heteroatoms. The first-order valence-corrected chi connectivity index (χ1v) is 9.18. The molecule has 1 aliphatic heterocycles. The predicted molar refractivity (Wildman–Crippen MR) is 69.2 cm³/mol. The van der Waals surface area contributed by atoms with Crippen LogP contribution in [0.1, 0.15) is 27.2 Å². The molecule has 1 saturated heterocycles. The first-order chi connectivity index (χ1) is 7.54. The maximum absolute atomic E-state index is 12.6. The average molecular weight is 265 g/mol. The third-order valence-electron chi connectivity index (χ3n) is 3.80. The van der Waals surface area contributed by atoms with E-state index in [4.69, 9.17) is 4.43 Å². The lowest BCUT2D eigenvalue weighted by Gasteiger charge is -2.39. The minimum absolute atomic E-state index is 0.0763. The SMILES string of the molecule is CC(C)(C)[Si](C)(C)OCCCN1CC(F)(F)C1. The number of alkyl halides is 2. The van der Waals surface area contributed by atoms with Gasteiger partial charge >= 0.3 is 0 Å². The van der Waals surface area contributed by atoms with Crippen molar-refractivity contribution in [2.45, 2.75) is 51.2 Å². The Morgan fingerprint density at radius 3 is 2.18 bits per heavy atom. The Hall–Kier alpha value is -0.00312. The van der Waals surface area contributed by atoms with Crippen molar-refractivity contribution in [3.63, 3.8) is 0 Å². The summed E-state index contributed by atoms with van der Waals surface area (Å²) in [6.07, 6.45) is 0.850. The van der Waals surface area contributed by atoms with Crippen LogP contribution >= 0.6 is 0 Å². The van der Waals surface area contributed by atoms with Gasteiger partial charge in [0.1, 0.15) is 0 Å². The quantitative estimate of drug-likeness (QED) is 0.558. The van der Waals surface area contributed by atoms with E-state index in [9.17, 15) is 8.78 Å². The largest absolute Gasteiger partial charge is 0.417 e. The molecule has 0 spiro atoms. The Morgan fingerprint density at radius 1 is 1.24 bits per heavy atom. The first kappa shape index (κ1) is 15.1. The molecule has 0 aliphatic carbocycles. The lowest BCUT2D eigenvalue weighted by Crippen LogP contribution is -2.56. The van der Waals surface area contributed by atoms with E-state index in [-0.39, 0.29) is 18.1 Å². The molecule has 1 aliphatic rings. The fourth-order valence-electron chi connectivity index (χ4n) is 1.60. The smallest absolute Gasteiger partial charge is 0.272 e. The first-order valence-electron chi connectivity index (χ1n) is 6.28. The Labute approximate surface area is 104 Å². The highest BCUT2D eigenvalue weighted by Crippen LogP contribution is 2.36. The molecule has 1 heterocycles. The second-order valence-electron chi connectivity index (χ2n) is 6.53. The number of likely N-dealkylation sites (tertiary alicyclic amines) is 1. The summed E-state index contributed by atoms with van der Waals surface area (Å²) >= 11 is 0. The van der Waals surface area contributed by atoms with Crippen LogP contribution in [0.25, 0.3) is 0 Å². The summed E-state index contributed by atoms with van der Waals surface area (Å²) in [7, 11) is -1.66. The molecule has 0 atom stereocenters. The van der Waals surface area contributed by atoms with Gasteiger partial charge in [0.2, 0.25) is 0 Å². The van der Waals surface area contributed by atoms with Gasteiger partial charge in [-0.05, 0) is 24.6 Å². The van der Waals surface area contributed by atoms with Gasteiger partial charge in [0.15, 0.2) is 8.32 Å². The highest BCUT2D eigenvalue weighted by Gasteiger charge is 2.43. The number of halogens is 2. The van der Waals surface area contributed by atoms with E-state index in [1.807, 2.05) is 0 Å². The van der Waals surface area contributed by atoms with Crippen LogP contribution in [0, 0.1) is 0 Å². The topological polar surface area (TPSA) is 12.5 Å². The molecule has 102 valence electrons. The van der Waals surface area contributed by atoms with Crippen LogP contribution in [0.2, 0.25) is 18.1 Å². The maximum atomic E-state index is 12.6. The third-order valence-corrected chi connectivity index (χ3v) is 8.34. The van der Waals surface area contributed by atoms with Gasteiger partial charge in [-0.2, -0.15) is 0 Å². The summed E-state index contributed by atoms with van der Waals surface area (Å²) in [5, 5.41) is 0.219. The van der Waals surface area contributed by atoms with Crippen LogP contribution in [0.4, 0.5) is 8.78 Å². The van der Waals surface area contributed by atoms with Gasteiger partial charge in [0, 0.05) is 13.2 Å². The fourth-order valence-corrected chi connectivity index (χ4v) is 2.69. The highest BCUT2D eigenvalue weighted by molar-refractivity contribution is 6.74. The molecule has 0 bridgehead atoms. The van der Waals surface area contributed by atoms with Crippen molar-refractivity contribution in [3.05, 3.63) is 0 Å². The van der Waals surface area contributed by atoms with Gasteiger partial charge in [-0.1, -0.05) is 20.8 Å². The van der Waals surface area contributed by atoms with Crippen molar-refractivity contribution in [2.24, 2.45) is 0 Å². The van der Waals surface area contributed by atoms with E-state index < -0.39 is 14.2 Å². The second-order valence-corrected chi connectivity index (χ2v) is 11.3. The molecule has 2 nitrogen and oxygen atoms in total. The van der Waals surface area contributed by atoms with Gasteiger partial charge < -0.3 is 4.43 Å². The maximum Gasteiger partial charge on any atom is 0.272 e. The van der Waals surface area contributed by atoms with Crippen LogP contribution < -0.4 is 0 Å². The fraction of sp³-hybridized carbons (Fsp3) is 1.00. The molecule has 1 fully saturated rings. The Bertz CT molecular complexity index is 256. The lowest BCUT2D eigenvalue weighted by molar-refractivity contribution is -0.130. The number of nitrogens with zero attached hydrogens (tertiary/aromatic N) is 1. The molecule has 0 aromatic carbocycles. The highest BCUT2D eigenvalue weighted by atomic mass is 28.4. The van der Waals surface area contributed by atoms with E-state index >= 15 is 0 Å². The van der Waals surface area contributed by atoms with Crippen molar-refractivity contribution in [1.82, 2.24) is 4.90 Å². The van der Waals surface area contributed by atoms with E-state index in [0.29, 0.717) is 6.61 Å². The molecule has 17 heavy (non-hydrogen) atoms. The van der Waals surface area contributed by atoms with Gasteiger partial charge in [-0.15, -0.1) is 0 Å². The van der Waals surface area contributed by atoms with E-state index in [1.165, 1.54) is 0 Å². The molecule has 0 N–H and O–H groups in total. The summed E-state index contributed by atoms with van der Waals surface area (Å²) < 4.78 is 31.1. The minimum atomic E-state index is -2.44. The predicted octanol–water partition coefficient (Wildman–Crippen LogP) is 3.35. The number of rotatable bonds is 5. The molecule has 0 amide bonds. The van der Waals surface area contributed by atoms with Crippen molar-refractivity contribution < 1.29 is 13.2 Å².